The molecule has 3 heteroatoms. The number of rotatable bonds is 7. The fraction of sp³-hybridized carbons (Fsp3) is 0.909. The number of carboxylic acid groups (broad SMARTS) is 1. The van der Waals surface area contributed by atoms with E-state index in [2.05, 4.69) is 6.92 Å². The Labute approximate surface area is 87.1 Å². The lowest BCUT2D eigenvalue weighted by atomic mass is 10.0. The molecule has 0 aromatic carbocycles. The highest BCUT2D eigenvalue weighted by Gasteiger charge is 2.16. The summed E-state index contributed by atoms with van der Waals surface area (Å²) in [4.78, 5) is 12.2. The van der Waals surface area contributed by atoms with E-state index in [1.54, 1.807) is 7.05 Å². The molecule has 0 aliphatic carbocycles. The van der Waals surface area contributed by atoms with Gasteiger partial charge in [-0.15, -0.1) is 0 Å². The third kappa shape index (κ3) is 5.10. The van der Waals surface area contributed by atoms with Crippen molar-refractivity contribution in [1.29, 1.82) is 0 Å². The molecular formula is C11H23NO2. The minimum atomic E-state index is -0.813. The molecule has 1 amide bonds. The van der Waals surface area contributed by atoms with Crippen molar-refractivity contribution in [3.63, 3.8) is 0 Å². The third-order valence-corrected chi connectivity index (χ3v) is 2.71. The molecule has 0 saturated heterocycles. The minimum Gasteiger partial charge on any atom is -0.465 e. The predicted molar refractivity (Wildman–Crippen MR) is 58.6 cm³/mol. The van der Waals surface area contributed by atoms with E-state index >= 15 is 0 Å². The molecule has 0 fully saturated rings. The van der Waals surface area contributed by atoms with Gasteiger partial charge in [-0.25, -0.2) is 4.79 Å². The molecule has 84 valence electrons. The topological polar surface area (TPSA) is 40.5 Å². The summed E-state index contributed by atoms with van der Waals surface area (Å²) >= 11 is 0. The van der Waals surface area contributed by atoms with E-state index in [0.717, 1.165) is 19.3 Å². The van der Waals surface area contributed by atoms with Gasteiger partial charge in [-0.2, -0.15) is 0 Å². The van der Waals surface area contributed by atoms with Crippen LogP contribution in [0.2, 0.25) is 0 Å². The summed E-state index contributed by atoms with van der Waals surface area (Å²) in [5.41, 5.74) is 0. The highest BCUT2D eigenvalue weighted by atomic mass is 16.4. The monoisotopic (exact) mass is 201 g/mol. The lowest BCUT2D eigenvalue weighted by molar-refractivity contribution is 0.133. The molecule has 0 aromatic rings. The van der Waals surface area contributed by atoms with Gasteiger partial charge in [0.05, 0.1) is 0 Å². The fourth-order valence-corrected chi connectivity index (χ4v) is 1.63. The van der Waals surface area contributed by atoms with E-state index in [4.69, 9.17) is 5.11 Å². The molecule has 0 heterocycles. The molecule has 0 rings (SSSR count). The number of carbonyl (C=O) groups is 1. The average Bonchev–Trinajstić information content (AvgIpc) is 2.17. The van der Waals surface area contributed by atoms with Gasteiger partial charge < -0.3 is 10.0 Å². The quantitative estimate of drug-likeness (QED) is 0.642. The number of nitrogens with zero attached hydrogens (tertiary/aromatic N) is 1. The summed E-state index contributed by atoms with van der Waals surface area (Å²) in [5, 5.41) is 8.81. The van der Waals surface area contributed by atoms with Crippen LogP contribution in [0.3, 0.4) is 0 Å². The Hall–Kier alpha value is -0.730. The Morgan fingerprint density at radius 2 is 1.93 bits per heavy atom. The highest BCUT2D eigenvalue weighted by molar-refractivity contribution is 5.64. The number of unbranched alkanes of at least 4 members (excludes halogenated alkanes) is 3. The summed E-state index contributed by atoms with van der Waals surface area (Å²) in [6.07, 6.45) is 5.95. The molecule has 0 aliphatic rings. The Bertz CT molecular complexity index is 159. The van der Waals surface area contributed by atoms with Crippen molar-refractivity contribution in [3.8, 4) is 0 Å². The van der Waals surface area contributed by atoms with E-state index in [1.807, 2.05) is 6.92 Å². The second-order valence-electron chi connectivity index (χ2n) is 3.80. The zero-order valence-corrected chi connectivity index (χ0v) is 9.62. The van der Waals surface area contributed by atoms with Crippen molar-refractivity contribution in [2.24, 2.45) is 0 Å². The molecule has 1 atom stereocenters. The molecule has 1 N–H and O–H groups in total. The van der Waals surface area contributed by atoms with Crippen LogP contribution < -0.4 is 0 Å². The van der Waals surface area contributed by atoms with E-state index < -0.39 is 6.09 Å². The van der Waals surface area contributed by atoms with Crippen molar-refractivity contribution in [1.82, 2.24) is 4.90 Å². The third-order valence-electron chi connectivity index (χ3n) is 2.71. The Kier molecular flexibility index (Phi) is 7.25. The van der Waals surface area contributed by atoms with Crippen LogP contribution in [0.1, 0.15) is 52.4 Å². The van der Waals surface area contributed by atoms with E-state index in [-0.39, 0.29) is 6.04 Å². The maximum atomic E-state index is 10.7. The molecule has 0 saturated carbocycles. The van der Waals surface area contributed by atoms with Crippen LogP contribution in [0, 0.1) is 0 Å². The first-order valence-electron chi connectivity index (χ1n) is 5.59. The Balaban J connectivity index is 3.73. The maximum absolute atomic E-state index is 10.7. The molecule has 14 heavy (non-hydrogen) atoms. The van der Waals surface area contributed by atoms with E-state index in [1.165, 1.54) is 24.2 Å². The minimum absolute atomic E-state index is 0.198. The normalized spacial score (nSPS) is 12.5. The van der Waals surface area contributed by atoms with Crippen molar-refractivity contribution < 1.29 is 9.90 Å². The first kappa shape index (κ1) is 13.3. The molecule has 0 aromatic heterocycles. The second kappa shape index (κ2) is 7.65. The second-order valence-corrected chi connectivity index (χ2v) is 3.80. The van der Waals surface area contributed by atoms with Crippen LogP contribution >= 0.6 is 0 Å². The predicted octanol–water partition coefficient (Wildman–Crippen LogP) is 3.35. The highest BCUT2D eigenvalue weighted by Crippen LogP contribution is 2.12. The van der Waals surface area contributed by atoms with Crippen molar-refractivity contribution in [2.75, 3.05) is 7.05 Å². The molecular weight excluding hydrogens is 178 g/mol. The molecule has 3 nitrogen and oxygen atoms in total. The average molecular weight is 201 g/mol. The van der Waals surface area contributed by atoms with Crippen LogP contribution in [0.4, 0.5) is 4.79 Å². The molecule has 1 unspecified atom stereocenters. The standard InChI is InChI=1S/C11H23NO2/c1-4-6-7-8-9-10(5-2)12(3)11(13)14/h10H,4-9H2,1-3H3,(H,13,14). The summed E-state index contributed by atoms with van der Waals surface area (Å²) in [6, 6.07) is 0.198. The molecule has 0 bridgehead atoms. The van der Waals surface area contributed by atoms with Crippen molar-refractivity contribution >= 4 is 6.09 Å². The van der Waals surface area contributed by atoms with Crippen LogP contribution in [-0.2, 0) is 0 Å². The van der Waals surface area contributed by atoms with Crippen LogP contribution in [0.15, 0.2) is 0 Å². The van der Waals surface area contributed by atoms with Crippen molar-refractivity contribution in [3.05, 3.63) is 0 Å². The van der Waals surface area contributed by atoms with Gasteiger partial charge in [-0.1, -0.05) is 39.5 Å². The zero-order chi connectivity index (χ0) is 11.0. The Morgan fingerprint density at radius 3 is 2.36 bits per heavy atom. The van der Waals surface area contributed by atoms with Crippen LogP contribution in [0.25, 0.3) is 0 Å². The fourth-order valence-electron chi connectivity index (χ4n) is 1.63. The van der Waals surface area contributed by atoms with Crippen molar-refractivity contribution in [2.45, 2.75) is 58.4 Å². The largest absolute Gasteiger partial charge is 0.465 e. The summed E-state index contributed by atoms with van der Waals surface area (Å²) in [6.45, 7) is 4.23. The zero-order valence-electron chi connectivity index (χ0n) is 9.62. The summed E-state index contributed by atoms with van der Waals surface area (Å²) < 4.78 is 0. The van der Waals surface area contributed by atoms with Crippen LogP contribution in [-0.4, -0.2) is 29.2 Å². The van der Waals surface area contributed by atoms with Gasteiger partial charge in [0.1, 0.15) is 0 Å². The maximum Gasteiger partial charge on any atom is 0.407 e. The van der Waals surface area contributed by atoms with E-state index in [0.29, 0.717) is 0 Å². The summed E-state index contributed by atoms with van der Waals surface area (Å²) in [5.74, 6) is 0. The Morgan fingerprint density at radius 1 is 1.29 bits per heavy atom. The number of hydrogen-bond acceptors (Lipinski definition) is 1. The van der Waals surface area contributed by atoms with E-state index in [9.17, 15) is 4.79 Å². The first-order valence-corrected chi connectivity index (χ1v) is 5.59. The lowest BCUT2D eigenvalue weighted by Gasteiger charge is -2.24. The lowest BCUT2D eigenvalue weighted by Crippen LogP contribution is -2.35. The molecule has 0 radical (unpaired) electrons. The first-order chi connectivity index (χ1) is 6.63. The smallest absolute Gasteiger partial charge is 0.407 e. The van der Waals surface area contributed by atoms with Gasteiger partial charge in [-0.3, -0.25) is 0 Å². The van der Waals surface area contributed by atoms with Gasteiger partial charge in [0.25, 0.3) is 0 Å². The van der Waals surface area contributed by atoms with Gasteiger partial charge >= 0.3 is 6.09 Å². The number of amides is 1. The summed E-state index contributed by atoms with van der Waals surface area (Å²) in [7, 11) is 1.66. The van der Waals surface area contributed by atoms with Gasteiger partial charge in [0.2, 0.25) is 0 Å². The van der Waals surface area contributed by atoms with Crippen LogP contribution in [0.5, 0.6) is 0 Å². The molecule has 0 spiro atoms. The van der Waals surface area contributed by atoms with Gasteiger partial charge in [0, 0.05) is 13.1 Å². The van der Waals surface area contributed by atoms with Gasteiger partial charge in [0.15, 0.2) is 0 Å². The number of hydrogen-bond donors (Lipinski definition) is 1. The van der Waals surface area contributed by atoms with Gasteiger partial charge in [-0.05, 0) is 12.8 Å². The SMILES string of the molecule is CCCCCCC(CC)N(C)C(=O)O. The molecule has 0 aliphatic heterocycles.